The molecule has 0 amide bonds. The molecule has 0 spiro atoms. The third-order valence-corrected chi connectivity index (χ3v) is 0.365. The van der Waals surface area contributed by atoms with Gasteiger partial charge in [-0.2, -0.15) is 0 Å². The summed E-state index contributed by atoms with van der Waals surface area (Å²) in [4.78, 5) is 9.60. The molecule has 0 aliphatic rings. The summed E-state index contributed by atoms with van der Waals surface area (Å²) in [6.07, 6.45) is 0. The molecule has 9 heavy (non-hydrogen) atoms. The second-order valence-electron chi connectivity index (χ2n) is 1.15. The van der Waals surface area contributed by atoms with Crippen molar-refractivity contribution in [3.63, 3.8) is 0 Å². The van der Waals surface area contributed by atoms with Gasteiger partial charge in [0.05, 0.1) is 0 Å². The molecule has 0 aliphatic heterocycles. The van der Waals surface area contributed by atoms with Crippen molar-refractivity contribution in [3.05, 3.63) is 12.2 Å². The number of aliphatic carboxylic acids is 1. The molecule has 0 heterocycles. The van der Waals surface area contributed by atoms with Gasteiger partial charge in [0.1, 0.15) is 0 Å². The zero-order chi connectivity index (χ0) is 7.86. The minimum absolute atomic E-state index is 0.176. The van der Waals surface area contributed by atoms with Crippen molar-refractivity contribution in [2.75, 3.05) is 0 Å². The van der Waals surface area contributed by atoms with Crippen LogP contribution in [0.5, 0.6) is 0 Å². The Bertz CT molecular complexity index is 133. The molecule has 0 unspecified atom stereocenters. The molecular weight excluding hydrogens is 208 g/mol. The summed E-state index contributed by atoms with van der Waals surface area (Å²) in [7, 11) is 0. The van der Waals surface area contributed by atoms with E-state index in [-0.39, 0.29) is 5.57 Å². The number of carbonyl (C=O) groups is 1. The molecule has 4 nitrogen and oxygen atoms in total. The molecular formula is C4H6MoO4. The van der Waals surface area contributed by atoms with Crippen LogP contribution in [0.3, 0.4) is 0 Å². The fraction of sp³-hybridized carbons (Fsp3) is 0.250. The van der Waals surface area contributed by atoms with E-state index in [4.69, 9.17) is 11.9 Å². The number of hydrogen-bond acceptors (Lipinski definition) is 3. The number of carboxylic acid groups (broad SMARTS) is 1. The van der Waals surface area contributed by atoms with E-state index < -0.39 is 24.5 Å². The standard InChI is InChI=1S/C4H6O2.Mo.2O/c1-3(2)4(5)6;;;/h1H2,2H3,(H,5,6);;;. The maximum absolute atomic E-state index is 9.60. The Hall–Kier alpha value is -0.502. The molecule has 0 fully saturated rings. The summed E-state index contributed by atoms with van der Waals surface area (Å²) in [5.74, 6) is -0.935. The van der Waals surface area contributed by atoms with Crippen molar-refractivity contribution in [2.24, 2.45) is 0 Å². The molecule has 0 atom stereocenters. The van der Waals surface area contributed by atoms with Crippen LogP contribution in [-0.4, -0.2) is 11.1 Å². The number of rotatable bonds is 1. The van der Waals surface area contributed by atoms with E-state index in [1.807, 2.05) is 0 Å². The quantitative estimate of drug-likeness (QED) is 0.506. The fourth-order valence-electron chi connectivity index (χ4n) is 0. The Balaban J connectivity index is 0. The predicted molar refractivity (Wildman–Crippen MR) is 23.8 cm³/mol. The van der Waals surface area contributed by atoms with Gasteiger partial charge in [-0.05, 0) is 6.92 Å². The van der Waals surface area contributed by atoms with Crippen LogP contribution in [0.15, 0.2) is 12.2 Å². The van der Waals surface area contributed by atoms with Gasteiger partial charge in [0, 0.05) is 5.57 Å². The van der Waals surface area contributed by atoms with Crippen LogP contribution in [0.4, 0.5) is 0 Å². The topological polar surface area (TPSA) is 71.4 Å². The van der Waals surface area contributed by atoms with E-state index in [0.717, 1.165) is 0 Å². The molecule has 0 saturated carbocycles. The Kier molecular flexibility index (Phi) is 9.43. The monoisotopic (exact) mass is 216 g/mol. The number of hydrogen-bond donors (Lipinski definition) is 1. The molecule has 5 heteroatoms. The summed E-state index contributed by atoms with van der Waals surface area (Å²) in [5.41, 5.74) is 0.176. The second-order valence-corrected chi connectivity index (χ2v) is 1.49. The summed E-state index contributed by atoms with van der Waals surface area (Å²) in [6.45, 7) is 4.60. The van der Waals surface area contributed by atoms with Crippen LogP contribution in [0, 0.1) is 0 Å². The van der Waals surface area contributed by atoms with Crippen molar-refractivity contribution in [1.29, 1.82) is 0 Å². The third kappa shape index (κ3) is 18.5. The second kappa shape index (κ2) is 7.50. The first kappa shape index (κ1) is 11.3. The van der Waals surface area contributed by atoms with Gasteiger partial charge in [0.2, 0.25) is 0 Å². The van der Waals surface area contributed by atoms with E-state index in [1.165, 1.54) is 6.92 Å². The third-order valence-electron chi connectivity index (χ3n) is 0.365. The molecule has 0 saturated heterocycles. The zero-order valence-corrected chi connectivity index (χ0v) is 6.79. The van der Waals surface area contributed by atoms with Gasteiger partial charge in [0.15, 0.2) is 0 Å². The fourth-order valence-corrected chi connectivity index (χ4v) is 0. The van der Waals surface area contributed by atoms with Gasteiger partial charge in [0.25, 0.3) is 0 Å². The summed E-state index contributed by atoms with van der Waals surface area (Å²) >= 11 is -2.03. The Morgan fingerprint density at radius 2 is 1.67 bits per heavy atom. The SMILES string of the molecule is C=C(C)C(=O)O.[O]=[Mo]=[O]. The van der Waals surface area contributed by atoms with Gasteiger partial charge in [-0.1, -0.05) is 6.58 Å². The van der Waals surface area contributed by atoms with Crippen molar-refractivity contribution in [2.45, 2.75) is 6.92 Å². The average Bonchev–Trinajstić information content (AvgIpc) is 1.68. The van der Waals surface area contributed by atoms with Crippen LogP contribution in [-0.2, 0) is 30.1 Å². The molecule has 0 bridgehead atoms. The van der Waals surface area contributed by atoms with Gasteiger partial charge in [-0.3, -0.25) is 0 Å². The normalized spacial score (nSPS) is 6.33. The van der Waals surface area contributed by atoms with E-state index in [9.17, 15) is 4.79 Å². The first-order chi connectivity index (χ1) is 4.06. The van der Waals surface area contributed by atoms with Crippen molar-refractivity contribution in [3.8, 4) is 0 Å². The van der Waals surface area contributed by atoms with Gasteiger partial charge in [-0.15, -0.1) is 0 Å². The van der Waals surface area contributed by atoms with E-state index in [2.05, 4.69) is 6.58 Å². The van der Waals surface area contributed by atoms with Crippen molar-refractivity contribution < 1.29 is 35.2 Å². The van der Waals surface area contributed by atoms with E-state index in [0.29, 0.717) is 0 Å². The molecule has 0 aromatic carbocycles. The molecule has 0 aromatic heterocycles. The Morgan fingerprint density at radius 1 is 1.56 bits per heavy atom. The molecule has 1 N–H and O–H groups in total. The molecule has 0 aromatic rings. The molecule has 0 radical (unpaired) electrons. The first-order valence-electron chi connectivity index (χ1n) is 1.86. The maximum atomic E-state index is 9.60. The summed E-state index contributed by atoms with van der Waals surface area (Å²) in [5, 5.41) is 7.89. The van der Waals surface area contributed by atoms with E-state index in [1.54, 1.807) is 0 Å². The van der Waals surface area contributed by atoms with Crippen LogP contribution in [0.2, 0.25) is 0 Å². The van der Waals surface area contributed by atoms with Gasteiger partial charge in [-0.25, -0.2) is 4.79 Å². The zero-order valence-electron chi connectivity index (χ0n) is 4.79. The van der Waals surface area contributed by atoms with Gasteiger partial charge >= 0.3 is 31.3 Å². The van der Waals surface area contributed by atoms with Crippen LogP contribution in [0.25, 0.3) is 0 Å². The molecule has 0 rings (SSSR count). The first-order valence-corrected chi connectivity index (χ1v) is 3.50. The van der Waals surface area contributed by atoms with Gasteiger partial charge < -0.3 is 5.11 Å². The minimum atomic E-state index is -2.03. The van der Waals surface area contributed by atoms with Crippen molar-refractivity contribution in [1.82, 2.24) is 0 Å². The summed E-state index contributed by atoms with van der Waals surface area (Å²) < 4.78 is 17.0. The molecule has 0 aliphatic carbocycles. The van der Waals surface area contributed by atoms with Crippen LogP contribution >= 0.6 is 0 Å². The Morgan fingerprint density at radius 3 is 1.67 bits per heavy atom. The summed E-state index contributed by atoms with van der Waals surface area (Å²) in [6, 6.07) is 0. The van der Waals surface area contributed by atoms with Crippen LogP contribution < -0.4 is 0 Å². The average molecular weight is 214 g/mol. The number of carboxylic acids is 1. The van der Waals surface area contributed by atoms with Crippen LogP contribution in [0.1, 0.15) is 6.92 Å². The van der Waals surface area contributed by atoms with E-state index >= 15 is 0 Å². The Labute approximate surface area is 60.7 Å². The molecule has 52 valence electrons. The van der Waals surface area contributed by atoms with Crippen molar-refractivity contribution >= 4 is 5.97 Å². The predicted octanol–water partition coefficient (Wildman–Crippen LogP) is 0.407.